The molecule has 1 fully saturated rings. The SMILES string of the molecule is CCOc1cccc2c1ccn2CCN1CCN(C)CC1. The van der Waals surface area contributed by atoms with Crippen LogP contribution in [-0.4, -0.2) is 60.7 Å². The van der Waals surface area contributed by atoms with Gasteiger partial charge < -0.3 is 14.2 Å². The quantitative estimate of drug-likeness (QED) is 0.842. The number of hydrogen-bond acceptors (Lipinski definition) is 3. The lowest BCUT2D eigenvalue weighted by atomic mass is 10.2. The summed E-state index contributed by atoms with van der Waals surface area (Å²) in [4.78, 5) is 4.95. The summed E-state index contributed by atoms with van der Waals surface area (Å²) in [6.07, 6.45) is 2.18. The minimum Gasteiger partial charge on any atom is -0.493 e. The number of rotatable bonds is 5. The predicted octanol–water partition coefficient (Wildman–Crippen LogP) is 2.29. The maximum Gasteiger partial charge on any atom is 0.128 e. The van der Waals surface area contributed by atoms with Gasteiger partial charge in [0.1, 0.15) is 5.75 Å². The predicted molar refractivity (Wildman–Crippen MR) is 87.0 cm³/mol. The Morgan fingerprint density at radius 3 is 2.62 bits per heavy atom. The Bertz CT molecular complexity index is 585. The molecule has 0 unspecified atom stereocenters. The van der Waals surface area contributed by atoms with Crippen molar-refractivity contribution in [3.63, 3.8) is 0 Å². The van der Waals surface area contributed by atoms with Gasteiger partial charge in [-0.1, -0.05) is 6.07 Å². The molecular formula is C17H25N3O. The number of hydrogen-bond donors (Lipinski definition) is 0. The van der Waals surface area contributed by atoms with E-state index in [-0.39, 0.29) is 0 Å². The van der Waals surface area contributed by atoms with Crippen molar-refractivity contribution >= 4 is 10.9 Å². The van der Waals surface area contributed by atoms with Crippen molar-refractivity contribution in [2.24, 2.45) is 0 Å². The molecule has 3 rings (SSSR count). The first-order valence-corrected chi connectivity index (χ1v) is 7.89. The minimum absolute atomic E-state index is 0.714. The molecule has 21 heavy (non-hydrogen) atoms. The van der Waals surface area contributed by atoms with E-state index in [9.17, 15) is 0 Å². The molecule has 0 bridgehead atoms. The molecule has 2 heterocycles. The van der Waals surface area contributed by atoms with Gasteiger partial charge in [0.05, 0.1) is 12.1 Å². The highest BCUT2D eigenvalue weighted by Gasteiger charge is 2.14. The summed E-state index contributed by atoms with van der Waals surface area (Å²) >= 11 is 0. The Balaban J connectivity index is 1.68. The summed E-state index contributed by atoms with van der Waals surface area (Å²) in [5, 5.41) is 1.22. The van der Waals surface area contributed by atoms with E-state index in [1.54, 1.807) is 0 Å². The molecule has 1 aromatic heterocycles. The van der Waals surface area contributed by atoms with Crippen LogP contribution in [0.1, 0.15) is 6.92 Å². The van der Waals surface area contributed by atoms with E-state index in [1.807, 2.05) is 6.92 Å². The Morgan fingerprint density at radius 2 is 1.86 bits per heavy atom. The van der Waals surface area contributed by atoms with Crippen molar-refractivity contribution in [2.75, 3.05) is 46.4 Å². The highest BCUT2D eigenvalue weighted by atomic mass is 16.5. The average Bonchev–Trinajstić information content (AvgIpc) is 2.91. The van der Waals surface area contributed by atoms with E-state index in [0.717, 1.165) is 18.8 Å². The smallest absolute Gasteiger partial charge is 0.128 e. The van der Waals surface area contributed by atoms with Crippen molar-refractivity contribution in [1.29, 1.82) is 0 Å². The van der Waals surface area contributed by atoms with E-state index in [1.165, 1.54) is 37.1 Å². The van der Waals surface area contributed by atoms with Crippen LogP contribution in [0.5, 0.6) is 5.75 Å². The fraction of sp³-hybridized carbons (Fsp3) is 0.529. The molecule has 0 spiro atoms. The fourth-order valence-corrected chi connectivity index (χ4v) is 2.99. The van der Waals surface area contributed by atoms with Crippen molar-refractivity contribution < 1.29 is 4.74 Å². The number of fused-ring (bicyclic) bond motifs is 1. The molecule has 1 aliphatic rings. The Kier molecular flexibility index (Phi) is 4.46. The van der Waals surface area contributed by atoms with E-state index in [4.69, 9.17) is 4.74 Å². The summed E-state index contributed by atoms with van der Waals surface area (Å²) in [6, 6.07) is 8.49. The molecule has 0 N–H and O–H groups in total. The molecule has 114 valence electrons. The number of nitrogens with zero attached hydrogens (tertiary/aromatic N) is 3. The number of benzene rings is 1. The molecule has 0 saturated carbocycles. The first-order valence-electron chi connectivity index (χ1n) is 7.89. The van der Waals surface area contributed by atoms with E-state index < -0.39 is 0 Å². The maximum absolute atomic E-state index is 5.71. The largest absolute Gasteiger partial charge is 0.493 e. The third-order valence-corrected chi connectivity index (χ3v) is 4.33. The summed E-state index contributed by atoms with van der Waals surface area (Å²) in [5.74, 6) is 0.994. The zero-order valence-corrected chi connectivity index (χ0v) is 13.1. The molecule has 1 saturated heterocycles. The lowest BCUT2D eigenvalue weighted by Gasteiger charge is -2.32. The van der Waals surface area contributed by atoms with E-state index in [0.29, 0.717) is 6.61 Å². The fourth-order valence-electron chi connectivity index (χ4n) is 2.99. The van der Waals surface area contributed by atoms with Gasteiger partial charge in [0.15, 0.2) is 0 Å². The number of aromatic nitrogens is 1. The Labute approximate surface area is 126 Å². The Morgan fingerprint density at radius 1 is 1.05 bits per heavy atom. The molecule has 1 aromatic carbocycles. The second-order valence-electron chi connectivity index (χ2n) is 5.78. The summed E-state index contributed by atoms with van der Waals surface area (Å²) in [6.45, 7) is 9.63. The van der Waals surface area contributed by atoms with Crippen LogP contribution >= 0.6 is 0 Å². The van der Waals surface area contributed by atoms with Crippen LogP contribution < -0.4 is 4.74 Å². The topological polar surface area (TPSA) is 20.6 Å². The lowest BCUT2D eigenvalue weighted by molar-refractivity contribution is 0.150. The zero-order valence-electron chi connectivity index (χ0n) is 13.1. The van der Waals surface area contributed by atoms with Crippen LogP contribution in [0.25, 0.3) is 10.9 Å². The van der Waals surface area contributed by atoms with E-state index >= 15 is 0 Å². The van der Waals surface area contributed by atoms with Gasteiger partial charge in [-0.25, -0.2) is 0 Å². The van der Waals surface area contributed by atoms with Gasteiger partial charge in [0.25, 0.3) is 0 Å². The number of likely N-dealkylation sites (N-methyl/N-ethyl adjacent to an activating group) is 1. The molecule has 0 radical (unpaired) electrons. The Hall–Kier alpha value is -1.52. The van der Waals surface area contributed by atoms with Crippen molar-refractivity contribution in [3.8, 4) is 5.75 Å². The molecule has 0 atom stereocenters. The summed E-state index contributed by atoms with van der Waals surface area (Å²) in [5.41, 5.74) is 1.27. The van der Waals surface area contributed by atoms with Crippen LogP contribution in [-0.2, 0) is 6.54 Å². The van der Waals surface area contributed by atoms with Gasteiger partial charge in [0, 0.05) is 50.9 Å². The van der Waals surface area contributed by atoms with Crippen LogP contribution in [0.2, 0.25) is 0 Å². The van der Waals surface area contributed by atoms with Gasteiger partial charge in [-0.2, -0.15) is 0 Å². The second kappa shape index (κ2) is 6.50. The van der Waals surface area contributed by atoms with Gasteiger partial charge in [-0.3, -0.25) is 4.90 Å². The molecule has 4 heteroatoms. The normalized spacial score (nSPS) is 17.4. The molecule has 0 amide bonds. The van der Waals surface area contributed by atoms with Crippen molar-refractivity contribution in [2.45, 2.75) is 13.5 Å². The molecule has 2 aromatic rings. The third kappa shape index (κ3) is 3.22. The number of ether oxygens (including phenoxy) is 1. The van der Waals surface area contributed by atoms with Crippen LogP contribution in [0.4, 0.5) is 0 Å². The standard InChI is InChI=1S/C17H25N3O/c1-3-21-17-6-4-5-16-15(17)7-8-20(16)14-13-19-11-9-18(2)10-12-19/h4-8H,3,9-14H2,1-2H3. The van der Waals surface area contributed by atoms with Gasteiger partial charge in [-0.15, -0.1) is 0 Å². The second-order valence-corrected chi connectivity index (χ2v) is 5.78. The van der Waals surface area contributed by atoms with Crippen molar-refractivity contribution in [3.05, 3.63) is 30.5 Å². The summed E-state index contributed by atoms with van der Waals surface area (Å²) < 4.78 is 8.05. The average molecular weight is 287 g/mol. The lowest BCUT2D eigenvalue weighted by Crippen LogP contribution is -2.45. The monoisotopic (exact) mass is 287 g/mol. The van der Waals surface area contributed by atoms with Crippen LogP contribution in [0.3, 0.4) is 0 Å². The maximum atomic E-state index is 5.71. The highest BCUT2D eigenvalue weighted by Crippen LogP contribution is 2.26. The first-order chi connectivity index (χ1) is 10.3. The number of piperazine rings is 1. The third-order valence-electron chi connectivity index (χ3n) is 4.33. The van der Waals surface area contributed by atoms with E-state index in [2.05, 4.69) is 51.9 Å². The zero-order chi connectivity index (χ0) is 14.7. The molecule has 1 aliphatic heterocycles. The van der Waals surface area contributed by atoms with Gasteiger partial charge in [0.2, 0.25) is 0 Å². The van der Waals surface area contributed by atoms with Gasteiger partial charge in [-0.05, 0) is 32.2 Å². The van der Waals surface area contributed by atoms with Crippen LogP contribution in [0, 0.1) is 0 Å². The van der Waals surface area contributed by atoms with Crippen LogP contribution in [0.15, 0.2) is 30.5 Å². The molecule has 4 nitrogen and oxygen atoms in total. The van der Waals surface area contributed by atoms with Gasteiger partial charge >= 0.3 is 0 Å². The summed E-state index contributed by atoms with van der Waals surface area (Å²) in [7, 11) is 2.20. The minimum atomic E-state index is 0.714. The molecular weight excluding hydrogens is 262 g/mol. The first kappa shape index (κ1) is 14.4. The van der Waals surface area contributed by atoms with Crippen molar-refractivity contribution in [1.82, 2.24) is 14.4 Å². The molecule has 0 aliphatic carbocycles. The highest BCUT2D eigenvalue weighted by molar-refractivity contribution is 5.86.